The Kier molecular flexibility index (Phi) is 2.81. The third-order valence-electron chi connectivity index (χ3n) is 2.45. The van der Waals surface area contributed by atoms with Crippen LogP contribution >= 0.6 is 23.2 Å². The molecular weight excluding hydrogens is 271 g/mol. The monoisotopic (exact) mass is 276 g/mol. The quantitative estimate of drug-likeness (QED) is 0.684. The van der Waals surface area contributed by atoms with Gasteiger partial charge in [0.15, 0.2) is 5.82 Å². The number of para-hydroxylation sites is 1. The normalized spacial score (nSPS) is 10.8. The summed E-state index contributed by atoms with van der Waals surface area (Å²) in [7, 11) is 0. The van der Waals surface area contributed by atoms with Crippen LogP contribution in [0.1, 0.15) is 0 Å². The minimum absolute atomic E-state index is 0.0675. The first-order valence-corrected chi connectivity index (χ1v) is 5.91. The first kappa shape index (κ1) is 11.3. The molecule has 0 bridgehead atoms. The van der Waals surface area contributed by atoms with E-state index in [1.165, 1.54) is 0 Å². The van der Waals surface area contributed by atoms with E-state index in [9.17, 15) is 0 Å². The number of pyridine rings is 1. The second-order valence-electron chi connectivity index (χ2n) is 3.58. The molecule has 0 fully saturated rings. The summed E-state index contributed by atoms with van der Waals surface area (Å²) in [6.45, 7) is 0. The Morgan fingerprint density at radius 1 is 0.833 bits per heavy atom. The zero-order chi connectivity index (χ0) is 12.5. The summed E-state index contributed by atoms with van der Waals surface area (Å²) < 4.78 is 0. The fraction of sp³-hybridized carbons (Fsp3) is 0. The SMILES string of the molecule is Clc1nc(Cl)nc(-c2cccc3cccnc23)n1. The summed E-state index contributed by atoms with van der Waals surface area (Å²) >= 11 is 11.6. The fourth-order valence-corrected chi connectivity index (χ4v) is 2.09. The van der Waals surface area contributed by atoms with Gasteiger partial charge in [0.05, 0.1) is 5.52 Å². The van der Waals surface area contributed by atoms with Crippen molar-refractivity contribution in [1.29, 1.82) is 0 Å². The Labute approximate surface area is 113 Å². The van der Waals surface area contributed by atoms with Gasteiger partial charge in [-0.1, -0.05) is 18.2 Å². The topological polar surface area (TPSA) is 51.6 Å². The van der Waals surface area contributed by atoms with Gasteiger partial charge in [-0.25, -0.2) is 0 Å². The van der Waals surface area contributed by atoms with Crippen LogP contribution in [0.4, 0.5) is 0 Å². The largest absolute Gasteiger partial charge is 0.255 e. The summed E-state index contributed by atoms with van der Waals surface area (Å²) in [5, 5.41) is 1.14. The average Bonchev–Trinajstić information content (AvgIpc) is 2.37. The van der Waals surface area contributed by atoms with Crippen LogP contribution in [0.5, 0.6) is 0 Å². The molecule has 3 rings (SSSR count). The van der Waals surface area contributed by atoms with Crippen LogP contribution < -0.4 is 0 Å². The summed E-state index contributed by atoms with van der Waals surface area (Å²) in [5.74, 6) is 0.421. The number of hydrogen-bond donors (Lipinski definition) is 0. The van der Waals surface area contributed by atoms with Crippen molar-refractivity contribution < 1.29 is 0 Å². The van der Waals surface area contributed by atoms with Crippen molar-refractivity contribution in [3.8, 4) is 11.4 Å². The second-order valence-corrected chi connectivity index (χ2v) is 4.25. The van der Waals surface area contributed by atoms with Gasteiger partial charge in [-0.15, -0.1) is 0 Å². The molecular formula is C12H6Cl2N4. The van der Waals surface area contributed by atoms with Gasteiger partial charge >= 0.3 is 0 Å². The highest BCUT2D eigenvalue weighted by Gasteiger charge is 2.10. The van der Waals surface area contributed by atoms with Crippen molar-refractivity contribution in [3.63, 3.8) is 0 Å². The molecule has 0 saturated carbocycles. The molecule has 3 aromatic rings. The van der Waals surface area contributed by atoms with Crippen molar-refractivity contribution in [1.82, 2.24) is 19.9 Å². The van der Waals surface area contributed by atoms with E-state index >= 15 is 0 Å². The van der Waals surface area contributed by atoms with Gasteiger partial charge in [0.1, 0.15) is 0 Å². The molecule has 2 heterocycles. The van der Waals surface area contributed by atoms with Crippen molar-refractivity contribution in [2.75, 3.05) is 0 Å². The zero-order valence-corrected chi connectivity index (χ0v) is 10.5. The summed E-state index contributed by atoms with van der Waals surface area (Å²) in [4.78, 5) is 16.2. The molecule has 4 nitrogen and oxygen atoms in total. The van der Waals surface area contributed by atoms with Gasteiger partial charge in [-0.3, -0.25) is 4.98 Å². The zero-order valence-electron chi connectivity index (χ0n) is 9.01. The van der Waals surface area contributed by atoms with E-state index in [0.29, 0.717) is 5.82 Å². The fourth-order valence-electron chi connectivity index (χ4n) is 1.73. The lowest BCUT2D eigenvalue weighted by atomic mass is 10.1. The minimum atomic E-state index is 0.0675. The van der Waals surface area contributed by atoms with Gasteiger partial charge in [-0.2, -0.15) is 15.0 Å². The molecule has 1 aromatic carbocycles. The first-order chi connectivity index (χ1) is 8.74. The Morgan fingerprint density at radius 3 is 2.33 bits per heavy atom. The number of halogens is 2. The lowest BCUT2D eigenvalue weighted by Gasteiger charge is -2.04. The third kappa shape index (κ3) is 2.00. The molecule has 6 heteroatoms. The number of rotatable bonds is 1. The van der Waals surface area contributed by atoms with Crippen molar-refractivity contribution >= 4 is 34.1 Å². The molecule has 2 aromatic heterocycles. The Hall–Kier alpha value is -1.78. The number of benzene rings is 1. The Bertz CT molecular complexity index is 705. The van der Waals surface area contributed by atoms with Gasteiger partial charge in [0, 0.05) is 17.1 Å². The van der Waals surface area contributed by atoms with Crippen LogP contribution in [0.25, 0.3) is 22.3 Å². The summed E-state index contributed by atoms with van der Waals surface area (Å²) in [5.41, 5.74) is 1.58. The average molecular weight is 277 g/mol. The Balaban J connectivity index is 2.31. The molecule has 0 spiro atoms. The van der Waals surface area contributed by atoms with E-state index in [1.54, 1.807) is 6.20 Å². The maximum Gasteiger partial charge on any atom is 0.227 e. The van der Waals surface area contributed by atoms with E-state index in [4.69, 9.17) is 23.2 Å². The molecule has 0 aliphatic heterocycles. The minimum Gasteiger partial charge on any atom is -0.255 e. The number of nitrogens with zero attached hydrogens (tertiary/aromatic N) is 4. The van der Waals surface area contributed by atoms with Gasteiger partial charge in [-0.05, 0) is 35.3 Å². The lowest BCUT2D eigenvalue weighted by Crippen LogP contribution is -1.95. The highest BCUT2D eigenvalue weighted by Crippen LogP contribution is 2.25. The van der Waals surface area contributed by atoms with E-state index in [-0.39, 0.29) is 10.6 Å². The van der Waals surface area contributed by atoms with Crippen LogP contribution in [0.3, 0.4) is 0 Å². The summed E-state index contributed by atoms with van der Waals surface area (Å²) in [6.07, 6.45) is 1.72. The predicted molar refractivity (Wildman–Crippen MR) is 70.6 cm³/mol. The number of hydrogen-bond acceptors (Lipinski definition) is 4. The molecule has 18 heavy (non-hydrogen) atoms. The first-order valence-electron chi connectivity index (χ1n) is 5.15. The van der Waals surface area contributed by atoms with Crippen LogP contribution in [-0.4, -0.2) is 19.9 Å². The summed E-state index contributed by atoms with van der Waals surface area (Å²) in [6, 6.07) is 9.59. The molecule has 0 aliphatic carbocycles. The van der Waals surface area contributed by atoms with Crippen molar-refractivity contribution in [2.24, 2.45) is 0 Å². The predicted octanol–water partition coefficient (Wildman–Crippen LogP) is 3.39. The second kappa shape index (κ2) is 4.48. The highest BCUT2D eigenvalue weighted by molar-refractivity contribution is 6.31. The smallest absolute Gasteiger partial charge is 0.227 e. The molecule has 0 unspecified atom stereocenters. The maximum absolute atomic E-state index is 5.78. The molecule has 0 atom stereocenters. The van der Waals surface area contributed by atoms with Gasteiger partial charge in [0.25, 0.3) is 0 Å². The van der Waals surface area contributed by atoms with Crippen LogP contribution in [0.2, 0.25) is 10.6 Å². The third-order valence-corrected chi connectivity index (χ3v) is 2.79. The van der Waals surface area contributed by atoms with Crippen molar-refractivity contribution in [2.45, 2.75) is 0 Å². The highest BCUT2D eigenvalue weighted by atomic mass is 35.5. The maximum atomic E-state index is 5.78. The van der Waals surface area contributed by atoms with E-state index < -0.39 is 0 Å². The van der Waals surface area contributed by atoms with Crippen LogP contribution in [0.15, 0.2) is 36.5 Å². The number of aromatic nitrogens is 4. The van der Waals surface area contributed by atoms with E-state index in [0.717, 1.165) is 16.5 Å². The van der Waals surface area contributed by atoms with Crippen molar-refractivity contribution in [3.05, 3.63) is 47.1 Å². The standard InChI is InChI=1S/C12H6Cl2N4/c13-11-16-10(17-12(14)18-11)8-5-1-3-7-4-2-6-15-9(7)8/h1-6H. The van der Waals surface area contributed by atoms with E-state index in [2.05, 4.69) is 19.9 Å². The Morgan fingerprint density at radius 2 is 1.56 bits per heavy atom. The molecule has 0 N–H and O–H groups in total. The molecule has 0 aliphatic rings. The number of fused-ring (bicyclic) bond motifs is 1. The molecule has 0 radical (unpaired) electrons. The van der Waals surface area contributed by atoms with Crippen LogP contribution in [0, 0.1) is 0 Å². The molecule has 0 amide bonds. The van der Waals surface area contributed by atoms with Gasteiger partial charge < -0.3 is 0 Å². The lowest BCUT2D eigenvalue weighted by molar-refractivity contribution is 1.06. The molecule has 88 valence electrons. The van der Waals surface area contributed by atoms with Gasteiger partial charge in [0.2, 0.25) is 10.6 Å². The van der Waals surface area contributed by atoms with Crippen LogP contribution in [-0.2, 0) is 0 Å². The van der Waals surface area contributed by atoms with E-state index in [1.807, 2.05) is 30.3 Å². The molecule has 0 saturated heterocycles.